The molecule has 1 saturated heterocycles. The van der Waals surface area contributed by atoms with Gasteiger partial charge in [-0.3, -0.25) is 9.69 Å². The zero-order valence-corrected chi connectivity index (χ0v) is 17.0. The number of hydrogen-bond acceptors (Lipinski definition) is 4. The molecule has 0 saturated carbocycles. The third-order valence-corrected chi connectivity index (χ3v) is 6.51. The fourth-order valence-corrected chi connectivity index (χ4v) is 4.27. The van der Waals surface area contributed by atoms with Crippen molar-refractivity contribution >= 4 is 27.3 Å². The van der Waals surface area contributed by atoms with Crippen molar-refractivity contribution in [1.82, 2.24) is 9.80 Å². The van der Waals surface area contributed by atoms with E-state index in [1.54, 1.807) is 12.1 Å². The summed E-state index contributed by atoms with van der Waals surface area (Å²) in [6.45, 7) is 4.91. The number of rotatable bonds is 4. The van der Waals surface area contributed by atoms with Crippen molar-refractivity contribution < 1.29 is 13.2 Å². The van der Waals surface area contributed by atoms with E-state index in [1.807, 2.05) is 29.2 Å². The second kappa shape index (κ2) is 8.00. The Labute approximate surface area is 165 Å². The molecule has 1 fully saturated rings. The van der Waals surface area contributed by atoms with Gasteiger partial charge in [0.05, 0.1) is 4.90 Å². The molecule has 3 rings (SSSR count). The lowest BCUT2D eigenvalue weighted by molar-refractivity contribution is 0.0582. The highest BCUT2D eigenvalue weighted by Crippen LogP contribution is 2.28. The zero-order chi connectivity index (χ0) is 19.6. The molecular weight excluding hydrogens is 384 g/mol. The van der Waals surface area contributed by atoms with E-state index >= 15 is 0 Å². The summed E-state index contributed by atoms with van der Waals surface area (Å²) in [5, 5.41) is 0.759. The van der Waals surface area contributed by atoms with E-state index < -0.39 is 9.84 Å². The number of benzene rings is 2. The lowest BCUT2D eigenvalue weighted by Gasteiger charge is -2.38. The van der Waals surface area contributed by atoms with Gasteiger partial charge in [0.1, 0.15) is 0 Å². The summed E-state index contributed by atoms with van der Waals surface area (Å²) in [6.07, 6.45) is 1.16. The van der Waals surface area contributed by atoms with Crippen molar-refractivity contribution in [2.45, 2.75) is 17.9 Å². The van der Waals surface area contributed by atoms with Crippen LogP contribution in [0.4, 0.5) is 0 Å². The normalized spacial score (nSPS) is 16.9. The first-order valence-electron chi connectivity index (χ1n) is 8.85. The number of halogens is 1. The Hall–Kier alpha value is -1.89. The molecule has 1 heterocycles. The van der Waals surface area contributed by atoms with Gasteiger partial charge in [-0.25, -0.2) is 8.42 Å². The molecule has 1 aliphatic rings. The minimum atomic E-state index is -3.26. The van der Waals surface area contributed by atoms with Crippen LogP contribution >= 0.6 is 11.6 Å². The van der Waals surface area contributed by atoms with Crippen LogP contribution in [-0.4, -0.2) is 56.6 Å². The second-order valence-electron chi connectivity index (χ2n) is 6.82. The zero-order valence-electron chi connectivity index (χ0n) is 15.4. The quantitative estimate of drug-likeness (QED) is 0.781. The molecule has 0 aliphatic carbocycles. The minimum absolute atomic E-state index is 0.0694. The van der Waals surface area contributed by atoms with E-state index in [2.05, 4.69) is 11.8 Å². The Kier molecular flexibility index (Phi) is 5.89. The van der Waals surface area contributed by atoms with Crippen molar-refractivity contribution in [1.29, 1.82) is 0 Å². The van der Waals surface area contributed by atoms with E-state index in [4.69, 9.17) is 11.6 Å². The number of hydrogen-bond donors (Lipinski definition) is 0. The average molecular weight is 407 g/mol. The van der Waals surface area contributed by atoms with Crippen molar-refractivity contribution in [3.05, 3.63) is 64.7 Å². The number of amides is 1. The van der Waals surface area contributed by atoms with Gasteiger partial charge >= 0.3 is 0 Å². The Morgan fingerprint density at radius 3 is 2.15 bits per heavy atom. The molecule has 2 aromatic carbocycles. The van der Waals surface area contributed by atoms with Crippen LogP contribution in [0.5, 0.6) is 0 Å². The van der Waals surface area contributed by atoms with Crippen LogP contribution in [0.2, 0.25) is 5.02 Å². The predicted octanol–water partition coefficient (Wildman–Crippen LogP) is 3.26. The van der Waals surface area contributed by atoms with Gasteiger partial charge in [-0.15, -0.1) is 0 Å². The van der Waals surface area contributed by atoms with E-state index in [-0.39, 0.29) is 16.8 Å². The number of sulfone groups is 1. The van der Waals surface area contributed by atoms with Crippen LogP contribution in [0.25, 0.3) is 0 Å². The summed E-state index contributed by atoms with van der Waals surface area (Å²) in [5.74, 6) is -0.0694. The molecule has 1 atom stereocenters. The molecule has 1 aliphatic heterocycles. The Morgan fingerprint density at radius 2 is 1.59 bits per heavy atom. The van der Waals surface area contributed by atoms with Gasteiger partial charge in [-0.05, 0) is 42.8 Å². The van der Waals surface area contributed by atoms with Gasteiger partial charge < -0.3 is 4.90 Å². The third kappa shape index (κ3) is 4.51. The highest BCUT2D eigenvalue weighted by atomic mass is 35.5. The van der Waals surface area contributed by atoms with Crippen molar-refractivity contribution in [3.8, 4) is 0 Å². The third-order valence-electron chi connectivity index (χ3n) is 5.03. The van der Waals surface area contributed by atoms with Crippen LogP contribution in [0.15, 0.2) is 53.4 Å². The number of carbonyl (C=O) groups is 1. The summed E-state index contributed by atoms with van der Waals surface area (Å²) in [6, 6.07) is 14.2. The van der Waals surface area contributed by atoms with Gasteiger partial charge in [0.15, 0.2) is 9.84 Å². The van der Waals surface area contributed by atoms with Crippen LogP contribution in [0.1, 0.15) is 28.9 Å². The Balaban J connectivity index is 1.63. The van der Waals surface area contributed by atoms with Gasteiger partial charge in [-0.2, -0.15) is 0 Å². The van der Waals surface area contributed by atoms with Crippen LogP contribution in [-0.2, 0) is 9.84 Å². The summed E-state index contributed by atoms with van der Waals surface area (Å²) < 4.78 is 23.1. The van der Waals surface area contributed by atoms with Crippen LogP contribution in [0.3, 0.4) is 0 Å². The molecule has 1 unspecified atom stereocenters. The summed E-state index contributed by atoms with van der Waals surface area (Å²) in [5.41, 5.74) is 1.60. The van der Waals surface area contributed by atoms with E-state index in [0.29, 0.717) is 18.7 Å². The predicted molar refractivity (Wildman–Crippen MR) is 107 cm³/mol. The highest BCUT2D eigenvalue weighted by molar-refractivity contribution is 7.90. The van der Waals surface area contributed by atoms with Crippen molar-refractivity contribution in [2.24, 2.45) is 0 Å². The molecular formula is C20H23ClN2O3S. The Morgan fingerprint density at radius 1 is 1.00 bits per heavy atom. The molecule has 2 aromatic rings. The first-order valence-corrected chi connectivity index (χ1v) is 11.1. The SMILES string of the molecule is CC(c1ccccc1Cl)N1CCN(C(=O)c2ccc(S(C)(=O)=O)cc2)CC1. The molecule has 0 radical (unpaired) electrons. The first-order chi connectivity index (χ1) is 12.8. The maximum absolute atomic E-state index is 12.7. The molecule has 0 bridgehead atoms. The lowest BCUT2D eigenvalue weighted by Crippen LogP contribution is -2.49. The number of carbonyl (C=O) groups excluding carboxylic acids is 1. The van der Waals surface area contributed by atoms with Gasteiger partial charge in [0, 0.05) is 49.1 Å². The van der Waals surface area contributed by atoms with E-state index in [1.165, 1.54) is 12.1 Å². The van der Waals surface area contributed by atoms with Gasteiger partial charge in [0.25, 0.3) is 5.91 Å². The molecule has 7 heteroatoms. The summed E-state index contributed by atoms with van der Waals surface area (Å²) in [7, 11) is -3.26. The molecule has 0 aromatic heterocycles. The smallest absolute Gasteiger partial charge is 0.253 e. The standard InChI is InChI=1S/C20H23ClN2O3S/c1-15(18-5-3-4-6-19(18)21)22-11-13-23(14-12-22)20(24)16-7-9-17(10-8-16)27(2,25)26/h3-10,15H,11-14H2,1-2H3. The summed E-state index contributed by atoms with van der Waals surface area (Å²) in [4.78, 5) is 17.0. The van der Waals surface area contributed by atoms with Crippen molar-refractivity contribution in [3.63, 3.8) is 0 Å². The molecule has 27 heavy (non-hydrogen) atoms. The van der Waals surface area contributed by atoms with Gasteiger partial charge in [0.2, 0.25) is 0 Å². The number of piperazine rings is 1. The lowest BCUT2D eigenvalue weighted by atomic mass is 10.1. The molecule has 1 amide bonds. The van der Waals surface area contributed by atoms with Crippen LogP contribution in [0, 0.1) is 0 Å². The fourth-order valence-electron chi connectivity index (χ4n) is 3.35. The van der Waals surface area contributed by atoms with E-state index in [9.17, 15) is 13.2 Å². The monoisotopic (exact) mass is 406 g/mol. The fraction of sp³-hybridized carbons (Fsp3) is 0.350. The maximum Gasteiger partial charge on any atom is 0.253 e. The molecule has 144 valence electrons. The average Bonchev–Trinajstić information content (AvgIpc) is 2.67. The van der Waals surface area contributed by atoms with Crippen LogP contribution < -0.4 is 0 Å². The van der Waals surface area contributed by atoms with Crippen molar-refractivity contribution in [2.75, 3.05) is 32.4 Å². The number of nitrogens with zero attached hydrogens (tertiary/aromatic N) is 2. The maximum atomic E-state index is 12.7. The molecule has 0 N–H and O–H groups in total. The second-order valence-corrected chi connectivity index (χ2v) is 9.25. The van der Waals surface area contributed by atoms with Gasteiger partial charge in [-0.1, -0.05) is 29.8 Å². The largest absolute Gasteiger partial charge is 0.336 e. The molecule has 5 nitrogen and oxygen atoms in total. The van der Waals surface area contributed by atoms with E-state index in [0.717, 1.165) is 29.9 Å². The Bertz CT molecular complexity index is 920. The highest BCUT2D eigenvalue weighted by Gasteiger charge is 2.26. The molecule has 0 spiro atoms. The summed E-state index contributed by atoms with van der Waals surface area (Å²) >= 11 is 6.31. The topological polar surface area (TPSA) is 57.7 Å². The first kappa shape index (κ1) is 19.9. The minimum Gasteiger partial charge on any atom is -0.336 e.